The largest absolute Gasteiger partial charge is 0.876 e. The van der Waals surface area contributed by atoms with E-state index in [1.165, 1.54) is 6.92 Å². The van der Waals surface area contributed by atoms with E-state index in [0.29, 0.717) is 11.8 Å². The number of rotatable bonds is 3. The minimum Gasteiger partial charge on any atom is -0.876 e. The second-order valence-electron chi connectivity index (χ2n) is 2.02. The molecule has 3 nitrogen and oxygen atoms in total. The second-order valence-corrected chi connectivity index (χ2v) is 2.67. The third kappa shape index (κ3) is 25.7. The Morgan fingerprint density at radius 3 is 2.18 bits per heavy atom. The molecule has 0 aromatic heterocycles. The number of hydrogen-bond acceptors (Lipinski definition) is 3. The van der Waals surface area contributed by atoms with E-state index in [9.17, 15) is 5.11 Å². The Morgan fingerprint density at radius 2 is 2.09 bits per heavy atom. The van der Waals surface area contributed by atoms with Gasteiger partial charge >= 0.3 is 0 Å². The van der Waals surface area contributed by atoms with Crippen LogP contribution in [-0.4, -0.2) is 28.3 Å². The zero-order chi connectivity index (χ0) is 9.28. The highest BCUT2D eigenvalue weighted by molar-refractivity contribution is 9.09. The van der Waals surface area contributed by atoms with Crippen molar-refractivity contribution in [1.29, 1.82) is 0 Å². The predicted octanol–water partition coefficient (Wildman–Crippen LogP) is 0.00490. The first-order valence-corrected chi connectivity index (χ1v) is 4.34. The van der Waals surface area contributed by atoms with Crippen molar-refractivity contribution in [2.75, 3.05) is 11.9 Å². The van der Waals surface area contributed by atoms with Crippen LogP contribution in [0.1, 0.15) is 13.3 Å². The average molecular weight is 226 g/mol. The molecule has 0 aliphatic rings. The fourth-order valence-corrected chi connectivity index (χ4v) is 0.550. The van der Waals surface area contributed by atoms with Crippen LogP contribution in [0.25, 0.3) is 0 Å². The van der Waals surface area contributed by atoms with Crippen molar-refractivity contribution in [2.24, 2.45) is 0 Å². The Bertz CT molecular complexity index is 91.7. The van der Waals surface area contributed by atoms with Gasteiger partial charge in [-0.1, -0.05) is 22.9 Å². The SMILES string of the molecule is C=C(C)[O-].OCCC(O)CBr. The van der Waals surface area contributed by atoms with Crippen LogP contribution < -0.4 is 5.11 Å². The number of alkyl halides is 1. The molecule has 0 aromatic carbocycles. The maximum absolute atomic E-state index is 9.33. The monoisotopic (exact) mass is 225 g/mol. The molecule has 0 radical (unpaired) electrons. The molecule has 0 aliphatic heterocycles. The van der Waals surface area contributed by atoms with Gasteiger partial charge in [-0.05, 0) is 6.42 Å². The highest BCUT2D eigenvalue weighted by atomic mass is 79.9. The van der Waals surface area contributed by atoms with Gasteiger partial charge in [0.2, 0.25) is 0 Å². The molecule has 4 heteroatoms. The van der Waals surface area contributed by atoms with Gasteiger partial charge in [0, 0.05) is 11.9 Å². The lowest BCUT2D eigenvalue weighted by molar-refractivity contribution is -0.300. The first-order chi connectivity index (χ1) is 5.04. The summed E-state index contributed by atoms with van der Waals surface area (Å²) in [6, 6.07) is 0. The fraction of sp³-hybridized carbons (Fsp3) is 0.714. The van der Waals surface area contributed by atoms with Gasteiger partial charge in [-0.25, -0.2) is 0 Å². The molecule has 1 unspecified atom stereocenters. The van der Waals surface area contributed by atoms with Crippen molar-refractivity contribution in [3.8, 4) is 0 Å². The highest BCUT2D eigenvalue weighted by Gasteiger charge is 1.96. The Labute approximate surface area is 75.5 Å². The molecule has 0 spiro atoms. The molecular formula is C7H14BrO3-. The molecule has 0 fully saturated rings. The molecule has 1 atom stereocenters. The minimum atomic E-state index is -0.384. The van der Waals surface area contributed by atoms with Gasteiger partial charge in [-0.3, -0.25) is 0 Å². The summed E-state index contributed by atoms with van der Waals surface area (Å²) in [6.07, 6.45) is 0.0793. The maximum atomic E-state index is 9.33. The summed E-state index contributed by atoms with van der Waals surface area (Å²) >= 11 is 3.05. The first kappa shape index (κ1) is 13.5. The Morgan fingerprint density at radius 1 is 1.73 bits per heavy atom. The van der Waals surface area contributed by atoms with Crippen LogP contribution in [0.5, 0.6) is 0 Å². The van der Waals surface area contributed by atoms with Crippen LogP contribution in [0, 0.1) is 0 Å². The summed E-state index contributed by atoms with van der Waals surface area (Å²) in [5.74, 6) is -0.0833. The smallest absolute Gasteiger partial charge is 0.0658 e. The van der Waals surface area contributed by atoms with Crippen molar-refractivity contribution >= 4 is 15.9 Å². The molecule has 68 valence electrons. The number of hydrogen-bond donors (Lipinski definition) is 2. The molecule has 2 N–H and O–H groups in total. The lowest BCUT2D eigenvalue weighted by Gasteiger charge is -2.00. The van der Waals surface area contributed by atoms with Crippen LogP contribution in [-0.2, 0) is 0 Å². The standard InChI is InChI=1S/C4H9BrO2.C3H6O/c5-3-4(7)1-2-6;1-3(2)4/h4,6-7H,1-3H2;4H,1H2,2H3/p-1. The van der Waals surface area contributed by atoms with E-state index in [-0.39, 0.29) is 18.5 Å². The van der Waals surface area contributed by atoms with Crippen molar-refractivity contribution in [2.45, 2.75) is 19.4 Å². The van der Waals surface area contributed by atoms with Crippen LogP contribution in [0.3, 0.4) is 0 Å². The number of aliphatic hydroxyl groups excluding tert-OH is 2. The zero-order valence-electron chi connectivity index (χ0n) is 6.59. The highest BCUT2D eigenvalue weighted by Crippen LogP contribution is 1.93. The van der Waals surface area contributed by atoms with E-state index < -0.39 is 0 Å². The molecule has 0 aromatic rings. The Balaban J connectivity index is 0. The Hall–Kier alpha value is -0.0600. The van der Waals surface area contributed by atoms with Gasteiger partial charge < -0.3 is 15.3 Å². The Kier molecular flexibility index (Phi) is 12.2. The van der Waals surface area contributed by atoms with E-state index in [1.807, 2.05) is 0 Å². The van der Waals surface area contributed by atoms with Crippen LogP contribution in [0.15, 0.2) is 12.3 Å². The predicted molar refractivity (Wildman–Crippen MR) is 46.3 cm³/mol. The first-order valence-electron chi connectivity index (χ1n) is 3.22. The van der Waals surface area contributed by atoms with Gasteiger partial charge in [-0.2, -0.15) is 0 Å². The molecule has 0 heterocycles. The number of aliphatic hydroxyl groups is 2. The van der Waals surface area contributed by atoms with E-state index >= 15 is 0 Å². The summed E-state index contributed by atoms with van der Waals surface area (Å²) in [7, 11) is 0. The van der Waals surface area contributed by atoms with Gasteiger partial charge in [0.15, 0.2) is 0 Å². The normalized spacial score (nSPS) is 11.3. The van der Waals surface area contributed by atoms with Crippen molar-refractivity contribution < 1.29 is 15.3 Å². The number of halogens is 1. The van der Waals surface area contributed by atoms with E-state index in [1.54, 1.807) is 0 Å². The topological polar surface area (TPSA) is 63.5 Å². The third-order valence-corrected chi connectivity index (χ3v) is 1.39. The second kappa shape index (κ2) is 9.94. The van der Waals surface area contributed by atoms with Crippen molar-refractivity contribution in [1.82, 2.24) is 0 Å². The quantitative estimate of drug-likeness (QED) is 0.526. The summed E-state index contributed by atoms with van der Waals surface area (Å²) in [6.45, 7) is 4.48. The lowest BCUT2D eigenvalue weighted by atomic mass is 10.3. The van der Waals surface area contributed by atoms with Crippen LogP contribution >= 0.6 is 15.9 Å². The molecule has 0 saturated heterocycles. The molecule has 0 bridgehead atoms. The lowest BCUT2D eigenvalue weighted by Crippen LogP contribution is -2.09. The van der Waals surface area contributed by atoms with Crippen LogP contribution in [0.4, 0.5) is 0 Å². The summed E-state index contributed by atoms with van der Waals surface area (Å²) < 4.78 is 0. The maximum Gasteiger partial charge on any atom is 0.0658 e. The van der Waals surface area contributed by atoms with Crippen molar-refractivity contribution in [3.05, 3.63) is 12.3 Å². The van der Waals surface area contributed by atoms with Gasteiger partial charge in [0.25, 0.3) is 0 Å². The average Bonchev–Trinajstić information content (AvgIpc) is 1.87. The molecule has 0 amide bonds. The van der Waals surface area contributed by atoms with Gasteiger partial charge in [-0.15, -0.1) is 12.3 Å². The van der Waals surface area contributed by atoms with Crippen molar-refractivity contribution in [3.63, 3.8) is 0 Å². The van der Waals surface area contributed by atoms with E-state index in [4.69, 9.17) is 10.2 Å². The molecular weight excluding hydrogens is 212 g/mol. The van der Waals surface area contributed by atoms with Gasteiger partial charge in [0.05, 0.1) is 6.10 Å². The zero-order valence-corrected chi connectivity index (χ0v) is 8.17. The minimum absolute atomic E-state index is 0.0623. The molecule has 0 saturated carbocycles. The number of allylic oxidation sites excluding steroid dienone is 1. The fourth-order valence-electron chi connectivity index (χ4n) is 0.226. The van der Waals surface area contributed by atoms with Crippen LogP contribution in [0.2, 0.25) is 0 Å². The van der Waals surface area contributed by atoms with E-state index in [0.717, 1.165) is 0 Å². The molecule has 0 rings (SSSR count). The summed E-state index contributed by atoms with van der Waals surface area (Å²) in [4.78, 5) is 0. The summed E-state index contributed by atoms with van der Waals surface area (Å²) in [5.41, 5.74) is 0. The molecule has 11 heavy (non-hydrogen) atoms. The van der Waals surface area contributed by atoms with Gasteiger partial charge in [0.1, 0.15) is 0 Å². The molecule has 0 aliphatic carbocycles. The third-order valence-electron chi connectivity index (χ3n) is 0.640. The van der Waals surface area contributed by atoms with E-state index in [2.05, 4.69) is 22.5 Å². The summed E-state index contributed by atoms with van der Waals surface area (Å²) in [5, 5.41) is 26.7.